The minimum atomic E-state index is -2.06. The molecule has 0 bridgehead atoms. The Morgan fingerprint density at radius 3 is 1.80 bits per heavy atom. The second-order valence-electron chi connectivity index (χ2n) is 2.29. The van der Waals surface area contributed by atoms with Crippen molar-refractivity contribution in [3.63, 3.8) is 0 Å². The molecule has 0 saturated heterocycles. The largest absolute Gasteiger partial charge is 0.373 e. The van der Waals surface area contributed by atoms with Gasteiger partial charge in [-0.3, -0.25) is 0 Å². The Morgan fingerprint density at radius 1 is 1.50 bits per heavy atom. The number of carbonyl (C=O) groups excluding carboxylic acids is 2. The normalized spacial score (nSPS) is 28.4. The van der Waals surface area contributed by atoms with Crippen molar-refractivity contribution in [3.8, 4) is 0 Å². The first-order valence-electron chi connectivity index (χ1n) is 2.91. The van der Waals surface area contributed by atoms with E-state index in [0.29, 0.717) is 5.92 Å². The zero-order valence-electron chi connectivity index (χ0n) is 5.51. The number of halogens is 2. The van der Waals surface area contributed by atoms with Crippen LogP contribution in [0.4, 0.5) is 8.78 Å². The van der Waals surface area contributed by atoms with Gasteiger partial charge in [0, 0.05) is 5.92 Å². The topological polar surface area (TPSA) is 34.1 Å². The van der Waals surface area contributed by atoms with Crippen molar-refractivity contribution >= 4 is 6.15 Å². The molecule has 1 saturated carbocycles. The molecule has 58 valence electrons. The van der Waals surface area contributed by atoms with E-state index in [-0.39, 0.29) is 12.1 Å². The summed E-state index contributed by atoms with van der Waals surface area (Å²) in [5, 5.41) is 0. The van der Waals surface area contributed by atoms with E-state index in [0.717, 1.165) is 6.42 Å². The van der Waals surface area contributed by atoms with Crippen LogP contribution < -0.4 is 0 Å². The SMILES string of the molecule is C[C@H]1C[C@H]1C(F)F.O=C=O. The zero-order chi connectivity index (χ0) is 8.15. The van der Waals surface area contributed by atoms with Crippen molar-refractivity contribution in [1.82, 2.24) is 0 Å². The molecular formula is C6H8F2O2. The molecule has 1 aliphatic carbocycles. The van der Waals surface area contributed by atoms with Crippen LogP contribution in [0.5, 0.6) is 0 Å². The lowest BCUT2D eigenvalue weighted by Crippen LogP contribution is -1.92. The molecule has 0 aromatic carbocycles. The Kier molecular flexibility index (Phi) is 3.81. The van der Waals surface area contributed by atoms with Crippen LogP contribution in [-0.2, 0) is 9.59 Å². The summed E-state index contributed by atoms with van der Waals surface area (Å²) in [6, 6.07) is 0. The second-order valence-corrected chi connectivity index (χ2v) is 2.29. The molecule has 0 amide bonds. The van der Waals surface area contributed by atoms with Gasteiger partial charge in [-0.1, -0.05) is 6.92 Å². The van der Waals surface area contributed by atoms with Gasteiger partial charge in [-0.2, -0.15) is 9.59 Å². The fourth-order valence-corrected chi connectivity index (χ4v) is 0.702. The van der Waals surface area contributed by atoms with Crippen LogP contribution in [0.3, 0.4) is 0 Å². The predicted molar refractivity (Wildman–Crippen MR) is 28.3 cm³/mol. The fourth-order valence-electron chi connectivity index (χ4n) is 0.702. The van der Waals surface area contributed by atoms with Gasteiger partial charge in [0.1, 0.15) is 0 Å². The summed E-state index contributed by atoms with van der Waals surface area (Å²) in [4.78, 5) is 16.2. The molecule has 2 nitrogen and oxygen atoms in total. The highest BCUT2D eigenvalue weighted by molar-refractivity contribution is 5.20. The molecule has 0 unspecified atom stereocenters. The average Bonchev–Trinajstić information content (AvgIpc) is 2.48. The van der Waals surface area contributed by atoms with Crippen LogP contribution in [0.2, 0.25) is 0 Å². The third-order valence-electron chi connectivity index (χ3n) is 1.50. The maximum Gasteiger partial charge on any atom is 0.373 e. The summed E-state index contributed by atoms with van der Waals surface area (Å²) in [6.07, 6.45) is -1.08. The minimum absolute atomic E-state index is 0.250. The Hall–Kier alpha value is -0.760. The van der Waals surface area contributed by atoms with E-state index in [1.807, 2.05) is 6.92 Å². The molecule has 0 aromatic rings. The molecule has 0 aliphatic heterocycles. The lowest BCUT2D eigenvalue weighted by Gasteiger charge is -1.88. The average molecular weight is 150 g/mol. The highest BCUT2D eigenvalue weighted by Gasteiger charge is 2.40. The maximum absolute atomic E-state index is 11.5. The van der Waals surface area contributed by atoms with Crippen LogP contribution in [0.25, 0.3) is 0 Å². The Balaban J connectivity index is 0.000000236. The summed E-state index contributed by atoms with van der Waals surface area (Å²) >= 11 is 0. The maximum atomic E-state index is 11.5. The fraction of sp³-hybridized carbons (Fsp3) is 0.833. The lowest BCUT2D eigenvalue weighted by molar-refractivity contribution is -0.191. The van der Waals surface area contributed by atoms with E-state index in [2.05, 4.69) is 0 Å². The van der Waals surface area contributed by atoms with Crippen molar-refractivity contribution in [2.75, 3.05) is 0 Å². The van der Waals surface area contributed by atoms with E-state index < -0.39 is 6.43 Å². The van der Waals surface area contributed by atoms with Crippen LogP contribution in [0.15, 0.2) is 0 Å². The predicted octanol–water partition coefficient (Wildman–Crippen LogP) is 1.32. The summed E-state index contributed by atoms with van der Waals surface area (Å²) in [5.74, 6) is 0.0278. The molecule has 0 radical (unpaired) electrons. The monoisotopic (exact) mass is 150 g/mol. The molecule has 0 N–H and O–H groups in total. The Labute approximate surface area is 57.2 Å². The van der Waals surface area contributed by atoms with Crippen molar-refractivity contribution in [2.24, 2.45) is 11.8 Å². The number of alkyl halides is 2. The highest BCUT2D eigenvalue weighted by atomic mass is 19.3. The zero-order valence-corrected chi connectivity index (χ0v) is 5.51. The lowest BCUT2D eigenvalue weighted by atomic mass is 10.4. The first-order valence-corrected chi connectivity index (χ1v) is 2.91. The quantitative estimate of drug-likeness (QED) is 0.565. The summed E-state index contributed by atoms with van der Waals surface area (Å²) in [7, 11) is 0. The van der Waals surface area contributed by atoms with Crippen molar-refractivity contribution in [1.29, 1.82) is 0 Å². The summed E-state index contributed by atoms with van der Waals surface area (Å²) < 4.78 is 22.9. The third-order valence-corrected chi connectivity index (χ3v) is 1.50. The smallest absolute Gasteiger partial charge is 0.210 e. The Bertz CT molecular complexity index is 130. The molecule has 2 atom stereocenters. The molecule has 1 aliphatic rings. The van der Waals surface area contributed by atoms with Crippen LogP contribution in [-0.4, -0.2) is 12.6 Å². The molecule has 1 fully saturated rings. The first-order chi connectivity index (χ1) is 4.63. The van der Waals surface area contributed by atoms with Gasteiger partial charge >= 0.3 is 6.15 Å². The molecular weight excluding hydrogens is 142 g/mol. The number of hydrogen-bond acceptors (Lipinski definition) is 2. The third kappa shape index (κ3) is 3.30. The van der Waals surface area contributed by atoms with Gasteiger partial charge in [0.25, 0.3) is 0 Å². The second kappa shape index (κ2) is 4.12. The van der Waals surface area contributed by atoms with Crippen molar-refractivity contribution < 1.29 is 18.4 Å². The molecule has 0 aromatic heterocycles. The standard InChI is InChI=1S/C5H8F2.CO2/c1-3-2-4(3)5(6)7;2-1-3/h3-5H,2H2,1H3;/t3-,4+;/m0./s1. The van der Waals surface area contributed by atoms with E-state index in [1.54, 1.807) is 0 Å². The van der Waals surface area contributed by atoms with Gasteiger partial charge in [-0.15, -0.1) is 0 Å². The first kappa shape index (κ1) is 9.24. The summed E-state index contributed by atoms with van der Waals surface area (Å²) in [5.41, 5.74) is 0. The van der Waals surface area contributed by atoms with Gasteiger partial charge < -0.3 is 0 Å². The highest BCUT2D eigenvalue weighted by Crippen LogP contribution is 2.42. The van der Waals surface area contributed by atoms with Crippen molar-refractivity contribution in [2.45, 2.75) is 19.8 Å². The van der Waals surface area contributed by atoms with E-state index in [1.165, 1.54) is 0 Å². The summed E-state index contributed by atoms with van der Waals surface area (Å²) in [6.45, 7) is 1.86. The van der Waals surface area contributed by atoms with Crippen LogP contribution in [0, 0.1) is 11.8 Å². The number of rotatable bonds is 1. The Morgan fingerprint density at radius 2 is 1.80 bits per heavy atom. The van der Waals surface area contributed by atoms with E-state index in [9.17, 15) is 8.78 Å². The van der Waals surface area contributed by atoms with E-state index in [4.69, 9.17) is 9.59 Å². The van der Waals surface area contributed by atoms with E-state index >= 15 is 0 Å². The molecule has 10 heavy (non-hydrogen) atoms. The van der Waals surface area contributed by atoms with Gasteiger partial charge in [0.15, 0.2) is 0 Å². The molecule has 0 spiro atoms. The van der Waals surface area contributed by atoms with Gasteiger partial charge in [-0.05, 0) is 12.3 Å². The van der Waals surface area contributed by atoms with Gasteiger partial charge in [-0.25, -0.2) is 8.78 Å². The molecule has 0 heterocycles. The van der Waals surface area contributed by atoms with Crippen LogP contribution >= 0.6 is 0 Å². The molecule has 4 heteroatoms. The van der Waals surface area contributed by atoms with Crippen LogP contribution in [0.1, 0.15) is 13.3 Å². The van der Waals surface area contributed by atoms with Gasteiger partial charge in [0.05, 0.1) is 0 Å². The molecule has 1 rings (SSSR count). The minimum Gasteiger partial charge on any atom is -0.210 e. The van der Waals surface area contributed by atoms with Crippen molar-refractivity contribution in [3.05, 3.63) is 0 Å². The van der Waals surface area contributed by atoms with Gasteiger partial charge in [0.2, 0.25) is 6.43 Å². The number of hydrogen-bond donors (Lipinski definition) is 0.